The molecule has 2 aliphatic heterocycles. The maximum Gasteiger partial charge on any atom is 0.268 e. The molecule has 2 aromatic carbocycles. The minimum absolute atomic E-state index is 0.222. The zero-order valence-corrected chi connectivity index (χ0v) is 19.4. The molecule has 0 saturated carbocycles. The highest BCUT2D eigenvalue weighted by Crippen LogP contribution is 2.42. The summed E-state index contributed by atoms with van der Waals surface area (Å²) in [5.74, 6) is -1.07. The molecule has 9 heteroatoms. The predicted molar refractivity (Wildman–Crippen MR) is 121 cm³/mol. The maximum absolute atomic E-state index is 13.9. The van der Waals surface area contributed by atoms with Crippen molar-refractivity contribution in [3.05, 3.63) is 64.8 Å². The van der Waals surface area contributed by atoms with Crippen molar-refractivity contribution >= 4 is 32.5 Å². The molecule has 0 N–H and O–H groups in total. The number of nitrogens with zero attached hydrogens (tertiary/aromatic N) is 2. The van der Waals surface area contributed by atoms with E-state index >= 15 is 0 Å². The van der Waals surface area contributed by atoms with E-state index < -0.39 is 15.8 Å². The number of morpholine rings is 1. The molecule has 3 heterocycles. The van der Waals surface area contributed by atoms with Gasteiger partial charge in [-0.15, -0.1) is 0 Å². The number of aromatic nitrogens is 1. The van der Waals surface area contributed by atoms with Crippen LogP contribution < -0.4 is 0 Å². The summed E-state index contributed by atoms with van der Waals surface area (Å²) in [4.78, 5) is 2.41. The van der Waals surface area contributed by atoms with Crippen LogP contribution in [0.15, 0.2) is 53.4 Å². The highest BCUT2D eigenvalue weighted by molar-refractivity contribution is 7.90. The normalized spacial score (nSPS) is 19.6. The number of rotatable bonds is 5. The van der Waals surface area contributed by atoms with E-state index in [1.807, 2.05) is 6.92 Å². The smallest absolute Gasteiger partial charge is 0.268 e. The first-order valence-corrected chi connectivity index (χ1v) is 12.4. The topological polar surface area (TPSA) is 70.0 Å². The van der Waals surface area contributed by atoms with Gasteiger partial charge >= 0.3 is 0 Å². The minimum Gasteiger partial charge on any atom is -0.379 e. The van der Waals surface area contributed by atoms with E-state index in [0.717, 1.165) is 0 Å². The van der Waals surface area contributed by atoms with E-state index in [0.29, 0.717) is 73.2 Å². The Kier molecular flexibility index (Phi) is 5.77. The van der Waals surface area contributed by atoms with Crippen LogP contribution in [-0.4, -0.2) is 56.8 Å². The van der Waals surface area contributed by atoms with Crippen molar-refractivity contribution in [1.82, 2.24) is 8.87 Å². The van der Waals surface area contributed by atoms with Crippen LogP contribution in [0.3, 0.4) is 0 Å². The first kappa shape index (κ1) is 21.9. The molecule has 0 spiro atoms. The summed E-state index contributed by atoms with van der Waals surface area (Å²) in [6, 6.07) is 13.7. The van der Waals surface area contributed by atoms with Crippen LogP contribution in [0.1, 0.15) is 18.2 Å². The fourth-order valence-corrected chi connectivity index (χ4v) is 6.28. The van der Waals surface area contributed by atoms with E-state index in [4.69, 9.17) is 25.8 Å². The van der Waals surface area contributed by atoms with Crippen molar-refractivity contribution in [2.45, 2.75) is 24.2 Å². The van der Waals surface area contributed by atoms with Gasteiger partial charge in [-0.25, -0.2) is 12.4 Å². The highest BCUT2D eigenvalue weighted by atomic mass is 35.5. The second kappa shape index (κ2) is 8.44. The first-order valence-electron chi connectivity index (χ1n) is 10.6. The predicted octanol–water partition coefficient (Wildman–Crippen LogP) is 3.58. The van der Waals surface area contributed by atoms with Gasteiger partial charge in [-0.05, 0) is 37.3 Å². The van der Waals surface area contributed by atoms with E-state index in [-0.39, 0.29) is 4.90 Å². The summed E-state index contributed by atoms with van der Waals surface area (Å²) in [7, 11) is -3.89. The van der Waals surface area contributed by atoms with Gasteiger partial charge in [0.1, 0.15) is 0 Å². The van der Waals surface area contributed by atoms with Gasteiger partial charge < -0.3 is 14.2 Å². The van der Waals surface area contributed by atoms with Gasteiger partial charge in [0, 0.05) is 35.6 Å². The Morgan fingerprint density at radius 1 is 1.00 bits per heavy atom. The summed E-state index contributed by atoms with van der Waals surface area (Å²) in [5, 5.41) is 1.23. The molecule has 2 aliphatic rings. The molecule has 0 bridgehead atoms. The standard InChI is InChI=1S/C23H25ClN2O5S/c1-23(30-13-14-31-23)22-19-15-17(24)7-8-20(19)26(21(22)16-25-9-11-29-12-10-25)32(27,28)18-5-3-2-4-6-18/h2-8,15H,9-14,16H2,1H3. The van der Waals surface area contributed by atoms with E-state index in [9.17, 15) is 8.42 Å². The number of ether oxygens (including phenoxy) is 3. The number of halogens is 1. The van der Waals surface area contributed by atoms with Crippen molar-refractivity contribution in [3.63, 3.8) is 0 Å². The lowest BCUT2D eigenvalue weighted by atomic mass is 10.0. The molecule has 5 rings (SSSR count). The number of hydrogen-bond donors (Lipinski definition) is 0. The van der Waals surface area contributed by atoms with Crippen molar-refractivity contribution < 1.29 is 22.6 Å². The van der Waals surface area contributed by atoms with E-state index in [2.05, 4.69) is 4.90 Å². The van der Waals surface area contributed by atoms with Gasteiger partial charge in [-0.3, -0.25) is 4.90 Å². The second-order valence-corrected chi connectivity index (χ2v) is 10.3. The monoisotopic (exact) mass is 476 g/mol. The third-order valence-corrected chi connectivity index (χ3v) is 8.03. The molecule has 170 valence electrons. The van der Waals surface area contributed by atoms with E-state index in [1.54, 1.807) is 48.5 Å². The Balaban J connectivity index is 1.81. The lowest BCUT2D eigenvalue weighted by molar-refractivity contribution is -0.149. The first-order chi connectivity index (χ1) is 15.4. The Hall–Kier alpha value is -1.94. The van der Waals surface area contributed by atoms with Crippen LogP contribution in [0.25, 0.3) is 10.9 Å². The fourth-order valence-electron chi connectivity index (χ4n) is 4.54. The number of fused-ring (bicyclic) bond motifs is 1. The summed E-state index contributed by atoms with van der Waals surface area (Å²) in [6.45, 7) is 5.78. The molecule has 0 radical (unpaired) electrons. The Morgan fingerprint density at radius 3 is 2.38 bits per heavy atom. The third kappa shape index (κ3) is 3.75. The van der Waals surface area contributed by atoms with Gasteiger partial charge in [0.15, 0.2) is 5.79 Å². The van der Waals surface area contributed by atoms with Gasteiger partial charge in [0.05, 0.1) is 42.5 Å². The van der Waals surface area contributed by atoms with Crippen molar-refractivity contribution in [1.29, 1.82) is 0 Å². The third-order valence-electron chi connectivity index (χ3n) is 6.03. The van der Waals surface area contributed by atoms with Crippen LogP contribution in [0.4, 0.5) is 0 Å². The van der Waals surface area contributed by atoms with Gasteiger partial charge in [0.25, 0.3) is 10.0 Å². The van der Waals surface area contributed by atoms with Crippen LogP contribution >= 0.6 is 11.6 Å². The Morgan fingerprint density at radius 2 is 1.69 bits per heavy atom. The molecular weight excluding hydrogens is 452 g/mol. The maximum atomic E-state index is 13.9. The number of benzene rings is 2. The highest BCUT2D eigenvalue weighted by Gasteiger charge is 2.41. The van der Waals surface area contributed by atoms with Crippen LogP contribution in [0.2, 0.25) is 5.02 Å². The Bertz CT molecular complexity index is 1230. The summed E-state index contributed by atoms with van der Waals surface area (Å²) in [6.07, 6.45) is 0. The SMILES string of the molecule is CC1(c2c(CN3CCOCC3)n(S(=O)(=O)c3ccccc3)c3ccc(Cl)cc23)OCCO1. The zero-order chi connectivity index (χ0) is 22.3. The molecule has 0 unspecified atom stereocenters. The lowest BCUT2D eigenvalue weighted by Crippen LogP contribution is -2.37. The molecule has 2 fully saturated rings. The zero-order valence-electron chi connectivity index (χ0n) is 17.8. The quantitative estimate of drug-likeness (QED) is 0.560. The van der Waals surface area contributed by atoms with Crippen LogP contribution in [0, 0.1) is 0 Å². The second-order valence-electron chi connectivity index (χ2n) is 8.10. The summed E-state index contributed by atoms with van der Waals surface area (Å²) < 4.78 is 46.8. The average Bonchev–Trinajstić information content (AvgIpc) is 3.37. The van der Waals surface area contributed by atoms with Crippen molar-refractivity contribution in [2.75, 3.05) is 39.5 Å². The molecule has 32 heavy (non-hydrogen) atoms. The molecule has 2 saturated heterocycles. The van der Waals surface area contributed by atoms with Gasteiger partial charge in [0.2, 0.25) is 0 Å². The molecule has 3 aromatic rings. The largest absolute Gasteiger partial charge is 0.379 e. The molecule has 1 aromatic heterocycles. The minimum atomic E-state index is -3.89. The Labute approximate surface area is 192 Å². The molecular formula is C23H25ClN2O5S. The van der Waals surface area contributed by atoms with Crippen molar-refractivity contribution in [2.24, 2.45) is 0 Å². The summed E-state index contributed by atoms with van der Waals surface area (Å²) >= 11 is 6.36. The molecule has 0 amide bonds. The number of hydrogen-bond acceptors (Lipinski definition) is 6. The average molecular weight is 477 g/mol. The fraction of sp³-hybridized carbons (Fsp3) is 0.391. The molecule has 0 atom stereocenters. The van der Waals surface area contributed by atoms with Crippen LogP contribution in [0.5, 0.6) is 0 Å². The summed E-state index contributed by atoms with van der Waals surface area (Å²) in [5.41, 5.74) is 1.88. The lowest BCUT2D eigenvalue weighted by Gasteiger charge is -2.30. The van der Waals surface area contributed by atoms with Crippen LogP contribution in [-0.2, 0) is 36.6 Å². The van der Waals surface area contributed by atoms with Gasteiger partial charge in [-0.1, -0.05) is 29.8 Å². The molecule has 7 nitrogen and oxygen atoms in total. The van der Waals surface area contributed by atoms with Gasteiger partial charge in [-0.2, -0.15) is 0 Å². The molecule has 0 aliphatic carbocycles. The van der Waals surface area contributed by atoms with E-state index in [1.165, 1.54) is 3.97 Å². The van der Waals surface area contributed by atoms with Crippen molar-refractivity contribution in [3.8, 4) is 0 Å².